The monoisotopic (exact) mass is 387 g/mol. The van der Waals surface area contributed by atoms with Crippen LogP contribution in [0, 0.1) is 5.92 Å². The number of hydrogen-bond donors (Lipinski definition) is 1. The minimum Gasteiger partial charge on any atom is -0.352 e. The minimum absolute atomic E-state index is 0. The number of halogens is 2. The average molecular weight is 388 g/mol. The molecule has 0 spiro atoms. The normalized spacial score (nSPS) is 20.7. The van der Waals surface area contributed by atoms with Gasteiger partial charge < -0.3 is 15.1 Å². The number of rotatable bonds is 2. The first-order valence-corrected chi connectivity index (χ1v) is 8.23. The maximum atomic E-state index is 12.6. The third kappa shape index (κ3) is 4.13. The molecule has 1 atom stereocenters. The quantitative estimate of drug-likeness (QED) is 0.813. The number of piperazine rings is 1. The smallest absolute Gasteiger partial charge is 0.227 e. The topological polar surface area (TPSA) is 78.7 Å². The van der Waals surface area contributed by atoms with Crippen molar-refractivity contribution < 1.29 is 4.79 Å². The Balaban J connectivity index is 0.00000113. The number of carbonyl (C=O) groups is 1. The van der Waals surface area contributed by atoms with Crippen LogP contribution >= 0.6 is 24.8 Å². The molecule has 1 unspecified atom stereocenters. The van der Waals surface area contributed by atoms with Gasteiger partial charge in [0.2, 0.25) is 5.91 Å². The Bertz CT molecular complexity index is 696. The Morgan fingerprint density at radius 3 is 2.68 bits per heavy atom. The standard InChI is InChI=1S/C15H21N7O.2ClH/c23-15(12-2-1-5-16-10-12)21-8-6-20(7-9-21)14-4-3-13-18-17-11-22(13)19-14;;/h3-4,11-12,16H,1-2,5-10H2;2*1H. The highest BCUT2D eigenvalue weighted by molar-refractivity contribution is 5.85. The lowest BCUT2D eigenvalue weighted by molar-refractivity contribution is -0.136. The molecular formula is C15H23Cl2N7O. The molecule has 2 saturated heterocycles. The number of piperidine rings is 1. The van der Waals surface area contributed by atoms with Crippen molar-refractivity contribution in [2.24, 2.45) is 5.92 Å². The molecule has 2 aliphatic rings. The Labute approximate surface area is 158 Å². The summed E-state index contributed by atoms with van der Waals surface area (Å²) in [6, 6.07) is 3.88. The van der Waals surface area contributed by atoms with Gasteiger partial charge in [-0.05, 0) is 31.5 Å². The van der Waals surface area contributed by atoms with Crippen molar-refractivity contribution in [2.75, 3.05) is 44.2 Å². The van der Waals surface area contributed by atoms with Crippen LogP contribution in [0.2, 0.25) is 0 Å². The molecule has 138 valence electrons. The lowest BCUT2D eigenvalue weighted by atomic mass is 9.98. The average Bonchev–Trinajstić information content (AvgIpc) is 3.10. The largest absolute Gasteiger partial charge is 0.352 e. The number of amides is 1. The molecule has 0 bridgehead atoms. The molecule has 25 heavy (non-hydrogen) atoms. The van der Waals surface area contributed by atoms with Crippen molar-refractivity contribution >= 4 is 42.2 Å². The van der Waals surface area contributed by atoms with Crippen LogP contribution in [0.1, 0.15) is 12.8 Å². The van der Waals surface area contributed by atoms with Crippen LogP contribution < -0.4 is 10.2 Å². The van der Waals surface area contributed by atoms with Gasteiger partial charge in [-0.15, -0.1) is 40.1 Å². The SMILES string of the molecule is Cl.Cl.O=C(C1CCCNC1)N1CCN(c2ccc3nncn3n2)CC1. The molecule has 4 heterocycles. The van der Waals surface area contributed by atoms with Crippen molar-refractivity contribution in [3.63, 3.8) is 0 Å². The van der Waals surface area contributed by atoms with Gasteiger partial charge in [0.1, 0.15) is 12.1 Å². The first-order chi connectivity index (χ1) is 11.3. The zero-order valence-electron chi connectivity index (χ0n) is 13.9. The van der Waals surface area contributed by atoms with Crippen molar-refractivity contribution in [1.29, 1.82) is 0 Å². The van der Waals surface area contributed by atoms with E-state index in [2.05, 4.69) is 25.5 Å². The Morgan fingerprint density at radius 1 is 1.16 bits per heavy atom. The number of carbonyl (C=O) groups excluding carboxylic acids is 1. The van der Waals surface area contributed by atoms with Gasteiger partial charge in [0, 0.05) is 32.7 Å². The third-order valence-corrected chi connectivity index (χ3v) is 4.71. The molecule has 4 rings (SSSR count). The molecule has 8 nitrogen and oxygen atoms in total. The Morgan fingerprint density at radius 2 is 1.96 bits per heavy atom. The van der Waals surface area contributed by atoms with Gasteiger partial charge in [0.05, 0.1) is 5.92 Å². The van der Waals surface area contributed by atoms with Gasteiger partial charge in [-0.2, -0.15) is 4.52 Å². The van der Waals surface area contributed by atoms with Crippen LogP contribution in [0.15, 0.2) is 18.5 Å². The molecule has 1 N–H and O–H groups in total. The van der Waals surface area contributed by atoms with Gasteiger partial charge in [-0.1, -0.05) is 0 Å². The molecule has 0 saturated carbocycles. The highest BCUT2D eigenvalue weighted by Crippen LogP contribution is 2.18. The van der Waals surface area contributed by atoms with Crippen LogP contribution in [-0.2, 0) is 4.79 Å². The summed E-state index contributed by atoms with van der Waals surface area (Å²) < 4.78 is 1.68. The van der Waals surface area contributed by atoms with E-state index in [0.29, 0.717) is 5.91 Å². The molecule has 2 aromatic heterocycles. The zero-order chi connectivity index (χ0) is 15.6. The van der Waals surface area contributed by atoms with Gasteiger partial charge in [0.15, 0.2) is 5.65 Å². The van der Waals surface area contributed by atoms with Crippen molar-refractivity contribution in [1.82, 2.24) is 30.0 Å². The van der Waals surface area contributed by atoms with E-state index in [9.17, 15) is 4.79 Å². The predicted molar refractivity (Wildman–Crippen MR) is 99.7 cm³/mol. The molecule has 0 aromatic carbocycles. The first kappa shape index (κ1) is 19.7. The number of hydrogen-bond acceptors (Lipinski definition) is 6. The number of fused-ring (bicyclic) bond motifs is 1. The highest BCUT2D eigenvalue weighted by atomic mass is 35.5. The molecule has 1 amide bonds. The van der Waals surface area contributed by atoms with Crippen molar-refractivity contribution in [3.8, 4) is 0 Å². The number of nitrogens with zero attached hydrogens (tertiary/aromatic N) is 6. The van der Waals surface area contributed by atoms with E-state index in [0.717, 1.165) is 63.6 Å². The van der Waals surface area contributed by atoms with Gasteiger partial charge in [-0.25, -0.2) is 0 Å². The van der Waals surface area contributed by atoms with E-state index in [4.69, 9.17) is 0 Å². The third-order valence-electron chi connectivity index (χ3n) is 4.71. The zero-order valence-corrected chi connectivity index (χ0v) is 15.5. The number of aromatic nitrogens is 4. The maximum absolute atomic E-state index is 12.6. The predicted octanol–water partition coefficient (Wildman–Crippen LogP) is 0.616. The van der Waals surface area contributed by atoms with E-state index in [1.54, 1.807) is 10.8 Å². The molecule has 0 aliphatic carbocycles. The van der Waals surface area contributed by atoms with E-state index in [1.807, 2.05) is 17.0 Å². The fourth-order valence-electron chi connectivity index (χ4n) is 3.36. The van der Waals surface area contributed by atoms with Crippen molar-refractivity contribution in [3.05, 3.63) is 18.5 Å². The van der Waals surface area contributed by atoms with Crippen LogP contribution in [-0.4, -0.2) is 69.9 Å². The number of nitrogens with one attached hydrogen (secondary N) is 1. The fourth-order valence-corrected chi connectivity index (χ4v) is 3.36. The molecule has 10 heteroatoms. The summed E-state index contributed by atoms with van der Waals surface area (Å²) in [4.78, 5) is 16.8. The second-order valence-corrected chi connectivity index (χ2v) is 6.18. The molecule has 2 fully saturated rings. The van der Waals surface area contributed by atoms with Crippen LogP contribution in [0.5, 0.6) is 0 Å². The summed E-state index contributed by atoms with van der Waals surface area (Å²) in [5, 5.41) is 15.7. The molecule has 0 radical (unpaired) electrons. The summed E-state index contributed by atoms with van der Waals surface area (Å²) >= 11 is 0. The van der Waals surface area contributed by atoms with Gasteiger partial charge in [-0.3, -0.25) is 4.79 Å². The Kier molecular flexibility index (Phi) is 6.80. The summed E-state index contributed by atoms with van der Waals surface area (Å²) in [6.45, 7) is 5.01. The molecular weight excluding hydrogens is 365 g/mol. The highest BCUT2D eigenvalue weighted by Gasteiger charge is 2.28. The summed E-state index contributed by atoms with van der Waals surface area (Å²) in [5.74, 6) is 1.37. The fraction of sp³-hybridized carbons (Fsp3) is 0.600. The van der Waals surface area contributed by atoms with E-state index >= 15 is 0 Å². The summed E-state index contributed by atoms with van der Waals surface area (Å²) in [6.07, 6.45) is 3.71. The first-order valence-electron chi connectivity index (χ1n) is 8.23. The van der Waals surface area contributed by atoms with Gasteiger partial charge in [0.25, 0.3) is 0 Å². The summed E-state index contributed by atoms with van der Waals surface area (Å²) in [7, 11) is 0. The van der Waals surface area contributed by atoms with E-state index < -0.39 is 0 Å². The Hall–Kier alpha value is -1.64. The number of anilines is 1. The lowest BCUT2D eigenvalue weighted by Crippen LogP contribution is -2.52. The van der Waals surface area contributed by atoms with Crippen LogP contribution in [0.25, 0.3) is 5.65 Å². The van der Waals surface area contributed by atoms with Crippen LogP contribution in [0.4, 0.5) is 5.82 Å². The second-order valence-electron chi connectivity index (χ2n) is 6.18. The lowest BCUT2D eigenvalue weighted by Gasteiger charge is -2.37. The summed E-state index contributed by atoms with van der Waals surface area (Å²) in [5.41, 5.74) is 0.743. The second kappa shape index (κ2) is 8.64. The van der Waals surface area contributed by atoms with Gasteiger partial charge >= 0.3 is 0 Å². The van der Waals surface area contributed by atoms with E-state index in [1.165, 1.54) is 0 Å². The minimum atomic E-state index is 0. The molecule has 2 aromatic rings. The van der Waals surface area contributed by atoms with Crippen LogP contribution in [0.3, 0.4) is 0 Å². The maximum Gasteiger partial charge on any atom is 0.227 e. The van der Waals surface area contributed by atoms with Crippen molar-refractivity contribution in [2.45, 2.75) is 12.8 Å². The van der Waals surface area contributed by atoms with E-state index in [-0.39, 0.29) is 30.7 Å². The molecule has 2 aliphatic heterocycles.